The van der Waals surface area contributed by atoms with Crippen LogP contribution in [-0.4, -0.2) is 19.9 Å². The van der Waals surface area contributed by atoms with Crippen molar-refractivity contribution in [2.75, 3.05) is 0 Å². The molecule has 51 heavy (non-hydrogen) atoms. The van der Waals surface area contributed by atoms with Crippen molar-refractivity contribution in [3.05, 3.63) is 170 Å². The van der Waals surface area contributed by atoms with Crippen LogP contribution in [0, 0.1) is 0 Å². The van der Waals surface area contributed by atoms with Crippen LogP contribution < -0.4 is 0 Å². The van der Waals surface area contributed by atoms with E-state index in [2.05, 4.69) is 114 Å². The molecule has 4 aromatic heterocycles. The molecule has 0 radical (unpaired) electrons. The molecule has 4 heterocycles. The molecule has 238 valence electrons. The molecule has 0 aliphatic carbocycles. The summed E-state index contributed by atoms with van der Waals surface area (Å²) in [6.07, 6.45) is 1.82. The largest absolute Gasteiger partial charge is 0.455 e. The minimum atomic E-state index is 0.672. The minimum Gasteiger partial charge on any atom is -0.455 e. The summed E-state index contributed by atoms with van der Waals surface area (Å²) in [6.45, 7) is 0. The van der Waals surface area contributed by atoms with Gasteiger partial charge in [0.1, 0.15) is 11.2 Å². The van der Waals surface area contributed by atoms with Gasteiger partial charge in [-0.2, -0.15) is 0 Å². The number of rotatable bonds is 5. The Morgan fingerprint density at radius 2 is 1.06 bits per heavy atom. The van der Waals surface area contributed by atoms with Gasteiger partial charge < -0.3 is 4.42 Å². The van der Waals surface area contributed by atoms with Gasteiger partial charge in [0.15, 0.2) is 5.82 Å². The van der Waals surface area contributed by atoms with Crippen LogP contribution in [0.5, 0.6) is 0 Å². The first-order chi connectivity index (χ1) is 25.2. The van der Waals surface area contributed by atoms with E-state index < -0.39 is 0 Å². The van der Waals surface area contributed by atoms with Crippen LogP contribution >= 0.6 is 0 Å². The smallest absolute Gasteiger partial charge is 0.160 e. The van der Waals surface area contributed by atoms with Gasteiger partial charge in [-0.25, -0.2) is 15.0 Å². The van der Waals surface area contributed by atoms with Gasteiger partial charge in [-0.3, -0.25) is 4.98 Å². The summed E-state index contributed by atoms with van der Waals surface area (Å²) in [5.41, 5.74) is 12.3. The van der Waals surface area contributed by atoms with Crippen molar-refractivity contribution < 1.29 is 4.42 Å². The van der Waals surface area contributed by atoms with Gasteiger partial charge in [-0.15, -0.1) is 0 Å². The number of pyridine rings is 2. The molecule has 6 aromatic carbocycles. The fourth-order valence-corrected chi connectivity index (χ4v) is 6.98. The number of fused-ring (bicyclic) bond motifs is 6. The Bertz CT molecular complexity index is 2910. The Morgan fingerprint density at radius 3 is 1.92 bits per heavy atom. The molecule has 0 saturated heterocycles. The maximum absolute atomic E-state index is 6.34. The molecule has 0 aliphatic heterocycles. The van der Waals surface area contributed by atoms with Gasteiger partial charge in [-0.05, 0) is 35.9 Å². The average molecular weight is 653 g/mol. The molecule has 5 heteroatoms. The van der Waals surface area contributed by atoms with Crippen molar-refractivity contribution in [3.8, 4) is 56.3 Å². The minimum absolute atomic E-state index is 0.672. The maximum atomic E-state index is 6.34. The molecule has 10 rings (SSSR count). The number of aromatic nitrogens is 4. The quantitative estimate of drug-likeness (QED) is 0.173. The van der Waals surface area contributed by atoms with Gasteiger partial charge in [0, 0.05) is 55.6 Å². The zero-order chi connectivity index (χ0) is 33.7. The molecule has 0 N–H and O–H groups in total. The van der Waals surface area contributed by atoms with E-state index in [9.17, 15) is 0 Å². The summed E-state index contributed by atoms with van der Waals surface area (Å²) >= 11 is 0. The summed E-state index contributed by atoms with van der Waals surface area (Å²) in [5.74, 6) is 0.672. The van der Waals surface area contributed by atoms with E-state index >= 15 is 0 Å². The maximum Gasteiger partial charge on any atom is 0.160 e. The number of benzene rings is 6. The molecule has 0 atom stereocenters. The van der Waals surface area contributed by atoms with E-state index in [1.807, 2.05) is 60.8 Å². The normalized spacial score (nSPS) is 11.5. The number of para-hydroxylation sites is 2. The molecular weight excluding hydrogens is 625 g/mol. The second-order valence-electron chi connectivity index (χ2n) is 12.7. The Labute approximate surface area is 293 Å². The lowest BCUT2D eigenvalue weighted by molar-refractivity contribution is 0.670. The second kappa shape index (κ2) is 11.9. The highest BCUT2D eigenvalue weighted by atomic mass is 16.3. The Kier molecular flexibility index (Phi) is 6.74. The van der Waals surface area contributed by atoms with Gasteiger partial charge >= 0.3 is 0 Å². The van der Waals surface area contributed by atoms with Crippen molar-refractivity contribution in [2.24, 2.45) is 0 Å². The molecular formula is C46H28N4O. The first kappa shape index (κ1) is 29.0. The fraction of sp³-hybridized carbons (Fsp3) is 0. The third kappa shape index (κ3) is 5.11. The first-order valence-electron chi connectivity index (χ1n) is 17.0. The molecule has 0 amide bonds. The highest BCUT2D eigenvalue weighted by Crippen LogP contribution is 2.37. The predicted octanol–water partition coefficient (Wildman–Crippen LogP) is 11.8. The standard InChI is InChI=1S/C46H28N4O/c1-2-9-33(10-3-1)46-49-40(30-20-18-29(19-21-30)36-15-7-16-38-37-14-4-5-17-42(37)51-45(36)38)28-41(50-46)35-12-6-11-34(27-35)39-25-24-32-23-22-31-13-8-26-47-43(31)44(32)48-39/h1-28H. The van der Waals surface area contributed by atoms with E-state index in [0.29, 0.717) is 5.82 Å². The summed E-state index contributed by atoms with van der Waals surface area (Å²) in [4.78, 5) is 19.9. The lowest BCUT2D eigenvalue weighted by Gasteiger charge is -2.11. The molecule has 0 bridgehead atoms. The van der Waals surface area contributed by atoms with Crippen LogP contribution in [-0.2, 0) is 0 Å². The molecule has 10 aromatic rings. The fourth-order valence-electron chi connectivity index (χ4n) is 6.98. The van der Waals surface area contributed by atoms with Gasteiger partial charge in [0.05, 0.1) is 28.1 Å². The first-order valence-corrected chi connectivity index (χ1v) is 17.0. The summed E-state index contributed by atoms with van der Waals surface area (Å²) in [7, 11) is 0. The van der Waals surface area contributed by atoms with Crippen LogP contribution in [0.2, 0.25) is 0 Å². The number of hydrogen-bond acceptors (Lipinski definition) is 5. The zero-order valence-corrected chi connectivity index (χ0v) is 27.4. The Hall–Kier alpha value is -6.98. The van der Waals surface area contributed by atoms with Gasteiger partial charge in [-0.1, -0.05) is 133 Å². The molecule has 0 saturated carbocycles. The lowest BCUT2D eigenvalue weighted by atomic mass is 9.99. The van der Waals surface area contributed by atoms with Crippen LogP contribution in [0.1, 0.15) is 0 Å². The van der Waals surface area contributed by atoms with Crippen LogP contribution in [0.15, 0.2) is 174 Å². The molecule has 0 fully saturated rings. The van der Waals surface area contributed by atoms with E-state index in [1.54, 1.807) is 0 Å². The van der Waals surface area contributed by atoms with E-state index in [1.165, 1.54) is 0 Å². The number of hydrogen-bond donors (Lipinski definition) is 0. The van der Waals surface area contributed by atoms with Crippen molar-refractivity contribution in [3.63, 3.8) is 0 Å². The van der Waals surface area contributed by atoms with E-state index in [0.717, 1.165) is 94.2 Å². The van der Waals surface area contributed by atoms with Crippen molar-refractivity contribution in [2.45, 2.75) is 0 Å². The summed E-state index contributed by atoms with van der Waals surface area (Å²) < 4.78 is 6.34. The second-order valence-corrected chi connectivity index (χ2v) is 12.7. The molecule has 0 unspecified atom stereocenters. The van der Waals surface area contributed by atoms with Crippen LogP contribution in [0.4, 0.5) is 0 Å². The highest BCUT2D eigenvalue weighted by molar-refractivity contribution is 6.09. The van der Waals surface area contributed by atoms with Crippen molar-refractivity contribution >= 4 is 43.7 Å². The van der Waals surface area contributed by atoms with E-state index in [-0.39, 0.29) is 0 Å². The predicted molar refractivity (Wildman–Crippen MR) is 207 cm³/mol. The number of furan rings is 1. The summed E-state index contributed by atoms with van der Waals surface area (Å²) in [6, 6.07) is 56.1. The van der Waals surface area contributed by atoms with Crippen LogP contribution in [0.25, 0.3) is 100 Å². The average Bonchev–Trinajstić information content (AvgIpc) is 3.60. The van der Waals surface area contributed by atoms with Crippen molar-refractivity contribution in [1.29, 1.82) is 0 Å². The third-order valence-corrected chi connectivity index (χ3v) is 9.54. The van der Waals surface area contributed by atoms with E-state index in [4.69, 9.17) is 19.4 Å². The molecule has 0 aliphatic rings. The van der Waals surface area contributed by atoms with Gasteiger partial charge in [0.25, 0.3) is 0 Å². The Balaban J connectivity index is 1.06. The Morgan fingerprint density at radius 1 is 0.392 bits per heavy atom. The van der Waals surface area contributed by atoms with Crippen molar-refractivity contribution in [1.82, 2.24) is 19.9 Å². The monoisotopic (exact) mass is 652 g/mol. The van der Waals surface area contributed by atoms with Crippen LogP contribution in [0.3, 0.4) is 0 Å². The summed E-state index contributed by atoms with van der Waals surface area (Å²) in [5, 5.41) is 4.38. The topological polar surface area (TPSA) is 64.7 Å². The zero-order valence-electron chi connectivity index (χ0n) is 27.4. The SMILES string of the molecule is c1ccc(-c2nc(-c3ccc(-c4cccc5c4oc4ccccc45)cc3)cc(-c3cccc(-c4ccc5ccc6cccnc6c5n4)c3)n2)cc1. The highest BCUT2D eigenvalue weighted by Gasteiger charge is 2.15. The number of nitrogens with zero attached hydrogens (tertiary/aromatic N) is 4. The van der Waals surface area contributed by atoms with Gasteiger partial charge in [0.2, 0.25) is 0 Å². The lowest BCUT2D eigenvalue weighted by Crippen LogP contribution is -1.96. The molecule has 0 spiro atoms. The molecule has 5 nitrogen and oxygen atoms in total. The third-order valence-electron chi connectivity index (χ3n) is 9.54.